The van der Waals surface area contributed by atoms with Crippen molar-refractivity contribution in [2.75, 3.05) is 0 Å². The molecule has 9 aromatic carbocycles. The molecule has 4 heteroatoms. The van der Waals surface area contributed by atoms with Crippen LogP contribution in [0.4, 0.5) is 0 Å². The zero-order valence-corrected chi connectivity index (χ0v) is 29.6. The fourth-order valence-corrected chi connectivity index (χ4v) is 8.01. The topological polar surface area (TPSA) is 51.8 Å². The van der Waals surface area contributed by atoms with Crippen molar-refractivity contribution in [2.24, 2.45) is 0 Å². The van der Waals surface area contributed by atoms with E-state index in [2.05, 4.69) is 164 Å². The first-order valence-corrected chi connectivity index (χ1v) is 18.5. The molecule has 2 heterocycles. The molecule has 0 atom stereocenters. The number of benzene rings is 9. The maximum absolute atomic E-state index is 6.61. The summed E-state index contributed by atoms with van der Waals surface area (Å²) < 4.78 is 6.61. The molecular formula is C51H31N3O. The zero-order chi connectivity index (χ0) is 36.3. The number of hydrogen-bond acceptors (Lipinski definition) is 4. The Hall–Kier alpha value is -7.43. The molecule has 2 aromatic heterocycles. The fourth-order valence-electron chi connectivity index (χ4n) is 8.01. The van der Waals surface area contributed by atoms with Crippen LogP contribution in [-0.2, 0) is 0 Å². The van der Waals surface area contributed by atoms with E-state index in [0.29, 0.717) is 17.5 Å². The molecule has 0 saturated heterocycles. The molecule has 11 aromatic rings. The molecule has 0 bridgehead atoms. The van der Waals surface area contributed by atoms with E-state index in [4.69, 9.17) is 19.4 Å². The smallest absolute Gasteiger partial charge is 0.164 e. The Kier molecular flexibility index (Phi) is 7.14. The van der Waals surface area contributed by atoms with Gasteiger partial charge in [0.15, 0.2) is 17.5 Å². The Morgan fingerprint density at radius 3 is 1.27 bits per heavy atom. The number of para-hydroxylation sites is 1. The quantitative estimate of drug-likeness (QED) is 0.168. The van der Waals surface area contributed by atoms with Crippen molar-refractivity contribution in [2.45, 2.75) is 0 Å². The van der Waals surface area contributed by atoms with E-state index in [1.54, 1.807) is 0 Å². The van der Waals surface area contributed by atoms with Crippen LogP contribution >= 0.6 is 0 Å². The van der Waals surface area contributed by atoms with E-state index < -0.39 is 0 Å². The van der Waals surface area contributed by atoms with Crippen molar-refractivity contribution in [3.8, 4) is 56.4 Å². The Bertz CT molecular complexity index is 3120. The lowest BCUT2D eigenvalue weighted by atomic mass is 9.92. The number of rotatable bonds is 5. The molecule has 0 N–H and O–H groups in total. The van der Waals surface area contributed by atoms with Crippen LogP contribution in [0.2, 0.25) is 0 Å². The monoisotopic (exact) mass is 701 g/mol. The van der Waals surface area contributed by atoms with Crippen molar-refractivity contribution in [1.82, 2.24) is 15.0 Å². The van der Waals surface area contributed by atoms with Crippen LogP contribution < -0.4 is 0 Å². The summed E-state index contributed by atoms with van der Waals surface area (Å²) in [5, 5.41) is 9.13. The molecule has 256 valence electrons. The van der Waals surface area contributed by atoms with Gasteiger partial charge in [-0.25, -0.2) is 15.0 Å². The SMILES string of the molecule is c1ccc(-c2ccc(-c3nc(-c4ccc(-c5ccccc5)cc4)nc(-c4ccc5c(c4)c4ccccc4c4ccc6c7ccccc7oc6c45)n3)cc2)cc1. The zero-order valence-electron chi connectivity index (χ0n) is 29.6. The van der Waals surface area contributed by atoms with Crippen LogP contribution in [0.3, 0.4) is 0 Å². The van der Waals surface area contributed by atoms with Crippen molar-refractivity contribution in [3.05, 3.63) is 188 Å². The molecule has 0 fully saturated rings. The first kappa shape index (κ1) is 31.1. The third kappa shape index (κ3) is 5.26. The molecule has 0 aliphatic heterocycles. The van der Waals surface area contributed by atoms with Gasteiger partial charge in [-0.2, -0.15) is 0 Å². The molecule has 55 heavy (non-hydrogen) atoms. The molecule has 0 aliphatic carbocycles. The fraction of sp³-hybridized carbons (Fsp3) is 0. The van der Waals surface area contributed by atoms with Gasteiger partial charge in [-0.3, -0.25) is 0 Å². The minimum atomic E-state index is 0.618. The molecule has 4 nitrogen and oxygen atoms in total. The van der Waals surface area contributed by atoms with Gasteiger partial charge < -0.3 is 4.42 Å². The lowest BCUT2D eigenvalue weighted by Gasteiger charge is -2.13. The second-order valence-electron chi connectivity index (χ2n) is 14.0. The Balaban J connectivity index is 1.11. The summed E-state index contributed by atoms with van der Waals surface area (Å²) in [6.07, 6.45) is 0. The van der Waals surface area contributed by atoms with Gasteiger partial charge in [0.05, 0.1) is 0 Å². The second kappa shape index (κ2) is 12.6. The number of nitrogens with zero attached hydrogens (tertiary/aromatic N) is 3. The van der Waals surface area contributed by atoms with Gasteiger partial charge in [0.2, 0.25) is 0 Å². The molecule has 0 spiro atoms. The van der Waals surface area contributed by atoms with Crippen LogP contribution in [0, 0.1) is 0 Å². The van der Waals surface area contributed by atoms with Crippen LogP contribution in [0.25, 0.3) is 111 Å². The highest BCUT2D eigenvalue weighted by Gasteiger charge is 2.18. The Morgan fingerprint density at radius 2 is 0.673 bits per heavy atom. The highest BCUT2D eigenvalue weighted by Crippen LogP contribution is 2.43. The van der Waals surface area contributed by atoms with E-state index in [1.165, 1.54) is 27.3 Å². The summed E-state index contributed by atoms with van der Waals surface area (Å²) in [7, 11) is 0. The van der Waals surface area contributed by atoms with Gasteiger partial charge in [0, 0.05) is 32.8 Å². The molecule has 0 aliphatic rings. The molecule has 0 amide bonds. The minimum absolute atomic E-state index is 0.618. The Morgan fingerprint density at radius 1 is 0.273 bits per heavy atom. The van der Waals surface area contributed by atoms with Crippen LogP contribution in [0.1, 0.15) is 0 Å². The lowest BCUT2D eigenvalue weighted by molar-refractivity contribution is 0.673. The molecule has 0 saturated carbocycles. The van der Waals surface area contributed by atoms with Crippen molar-refractivity contribution in [3.63, 3.8) is 0 Å². The minimum Gasteiger partial charge on any atom is -0.455 e. The molecule has 0 unspecified atom stereocenters. The third-order valence-electron chi connectivity index (χ3n) is 10.7. The van der Waals surface area contributed by atoms with Crippen molar-refractivity contribution in [1.29, 1.82) is 0 Å². The highest BCUT2D eigenvalue weighted by atomic mass is 16.3. The van der Waals surface area contributed by atoms with Crippen molar-refractivity contribution >= 4 is 54.3 Å². The predicted molar refractivity (Wildman–Crippen MR) is 227 cm³/mol. The maximum Gasteiger partial charge on any atom is 0.164 e. The first-order chi connectivity index (χ1) is 27.2. The van der Waals surface area contributed by atoms with Crippen molar-refractivity contribution < 1.29 is 4.42 Å². The normalized spacial score (nSPS) is 11.6. The summed E-state index contributed by atoms with van der Waals surface area (Å²) in [5.41, 5.74) is 9.18. The van der Waals surface area contributed by atoms with Gasteiger partial charge in [-0.1, -0.05) is 170 Å². The summed E-state index contributed by atoms with van der Waals surface area (Å²) in [4.78, 5) is 15.4. The number of aromatic nitrogens is 3. The van der Waals surface area contributed by atoms with E-state index >= 15 is 0 Å². The average Bonchev–Trinajstić information content (AvgIpc) is 3.66. The van der Waals surface area contributed by atoms with Gasteiger partial charge in [0.25, 0.3) is 0 Å². The summed E-state index contributed by atoms with van der Waals surface area (Å²) >= 11 is 0. The van der Waals surface area contributed by atoms with E-state index in [-0.39, 0.29) is 0 Å². The third-order valence-corrected chi connectivity index (χ3v) is 10.7. The lowest BCUT2D eigenvalue weighted by Crippen LogP contribution is -2.00. The van der Waals surface area contributed by atoms with E-state index in [0.717, 1.165) is 65.9 Å². The van der Waals surface area contributed by atoms with Gasteiger partial charge >= 0.3 is 0 Å². The number of fused-ring (bicyclic) bond motifs is 10. The predicted octanol–water partition coefficient (Wildman–Crippen LogP) is 13.6. The highest BCUT2D eigenvalue weighted by molar-refractivity contribution is 6.32. The summed E-state index contributed by atoms with van der Waals surface area (Å²) in [6, 6.07) is 65.7. The van der Waals surface area contributed by atoms with E-state index in [1.807, 2.05) is 24.3 Å². The van der Waals surface area contributed by atoms with Gasteiger partial charge in [0.1, 0.15) is 11.2 Å². The molecule has 11 rings (SSSR count). The number of furan rings is 1. The largest absolute Gasteiger partial charge is 0.455 e. The Labute approximate surface area is 317 Å². The van der Waals surface area contributed by atoms with Crippen LogP contribution in [-0.4, -0.2) is 15.0 Å². The molecule has 0 radical (unpaired) electrons. The molecular weight excluding hydrogens is 671 g/mol. The number of hydrogen-bond donors (Lipinski definition) is 0. The van der Waals surface area contributed by atoms with Gasteiger partial charge in [-0.05, 0) is 67.4 Å². The summed E-state index contributed by atoms with van der Waals surface area (Å²) in [6.45, 7) is 0. The standard InChI is InChI=1S/C51H31N3O/c1-3-11-32(12-4-1)34-19-23-36(24-20-34)49-52-50(37-25-21-35(22-26-37)33-13-5-2-6-14-33)54-51(53-49)38-27-28-43-45(31-38)40-16-8-7-15-39(40)42-29-30-44-41-17-9-10-18-46(41)55-48(44)47(42)43/h1-31H. The average molecular weight is 702 g/mol. The summed E-state index contributed by atoms with van der Waals surface area (Å²) in [5.74, 6) is 1.87. The maximum atomic E-state index is 6.61. The van der Waals surface area contributed by atoms with Crippen LogP contribution in [0.15, 0.2) is 192 Å². The second-order valence-corrected chi connectivity index (χ2v) is 14.0. The van der Waals surface area contributed by atoms with Gasteiger partial charge in [-0.15, -0.1) is 0 Å². The van der Waals surface area contributed by atoms with E-state index in [9.17, 15) is 0 Å². The first-order valence-electron chi connectivity index (χ1n) is 18.5. The van der Waals surface area contributed by atoms with Crippen LogP contribution in [0.5, 0.6) is 0 Å².